The highest BCUT2D eigenvalue weighted by atomic mass is 32.2. The zero-order valence-electron chi connectivity index (χ0n) is 11.1. The van der Waals surface area contributed by atoms with Crippen molar-refractivity contribution in [2.75, 3.05) is 12.4 Å². The second-order valence-corrected chi connectivity index (χ2v) is 5.63. The molecule has 6 heteroatoms. The molecular weight excluding hydrogens is 278 g/mol. The van der Waals surface area contributed by atoms with Crippen LogP contribution in [0.3, 0.4) is 0 Å². The summed E-state index contributed by atoms with van der Waals surface area (Å²) in [5.41, 5.74) is 0.835. The molecular formula is C14H17NO4S. The van der Waals surface area contributed by atoms with Crippen LogP contribution < -0.4 is 5.32 Å². The Morgan fingerprint density at radius 3 is 2.70 bits per heavy atom. The third-order valence-corrected chi connectivity index (χ3v) is 4.40. The average molecular weight is 295 g/mol. The average Bonchev–Trinajstić information content (AvgIpc) is 2.90. The molecule has 1 fully saturated rings. The first-order valence-corrected chi connectivity index (χ1v) is 7.50. The van der Waals surface area contributed by atoms with Crippen molar-refractivity contribution in [3.63, 3.8) is 0 Å². The number of carboxylic acid groups (broad SMARTS) is 1. The Kier molecular flexibility index (Phi) is 5.03. The first-order chi connectivity index (χ1) is 9.63. The van der Waals surface area contributed by atoms with E-state index in [2.05, 4.69) is 5.32 Å². The Morgan fingerprint density at radius 2 is 2.15 bits per heavy atom. The van der Waals surface area contributed by atoms with Crippen LogP contribution in [0, 0.1) is 0 Å². The molecule has 3 atom stereocenters. The summed E-state index contributed by atoms with van der Waals surface area (Å²) in [5, 5.41) is 11.7. The molecule has 1 aliphatic rings. The quantitative estimate of drug-likeness (QED) is 0.801. The molecule has 1 heterocycles. The Hall–Kier alpha value is -1.53. The van der Waals surface area contributed by atoms with Gasteiger partial charge in [-0.3, -0.25) is 14.9 Å². The largest absolute Gasteiger partial charge is 0.480 e. The fraction of sp³-hybridized carbons (Fsp3) is 0.429. The maximum absolute atomic E-state index is 12.2. The monoisotopic (exact) mass is 295 g/mol. The molecule has 2 N–H and O–H groups in total. The Morgan fingerprint density at radius 1 is 1.45 bits per heavy atom. The molecule has 0 bridgehead atoms. The van der Waals surface area contributed by atoms with Gasteiger partial charge in [-0.05, 0) is 12.5 Å². The van der Waals surface area contributed by atoms with Gasteiger partial charge in [-0.15, -0.1) is 11.8 Å². The van der Waals surface area contributed by atoms with Crippen LogP contribution in [0.1, 0.15) is 18.4 Å². The van der Waals surface area contributed by atoms with E-state index in [1.807, 2.05) is 30.3 Å². The highest BCUT2D eigenvalue weighted by Crippen LogP contribution is 2.33. The van der Waals surface area contributed by atoms with E-state index in [-0.39, 0.29) is 11.3 Å². The van der Waals surface area contributed by atoms with Crippen LogP contribution in [-0.2, 0) is 14.3 Å². The Bertz CT molecular complexity index is 479. The van der Waals surface area contributed by atoms with Crippen molar-refractivity contribution in [3.8, 4) is 0 Å². The lowest BCUT2D eigenvalue weighted by Crippen LogP contribution is -2.41. The maximum atomic E-state index is 12.2. The summed E-state index contributed by atoms with van der Waals surface area (Å²) in [5.74, 6) is -1.26. The van der Waals surface area contributed by atoms with Crippen molar-refractivity contribution >= 4 is 23.7 Å². The molecule has 20 heavy (non-hydrogen) atoms. The zero-order chi connectivity index (χ0) is 14.5. The van der Waals surface area contributed by atoms with Crippen molar-refractivity contribution in [1.82, 2.24) is 5.32 Å². The van der Waals surface area contributed by atoms with E-state index < -0.39 is 17.9 Å². The van der Waals surface area contributed by atoms with Gasteiger partial charge >= 0.3 is 11.9 Å². The SMILES string of the molecule is CCOC(=O)[C@H](c1ccccc1)[C@H]1N[C@@H](C(=O)O)CS1. The smallest absolute Gasteiger partial charge is 0.321 e. The molecule has 0 spiro atoms. The topological polar surface area (TPSA) is 75.6 Å². The molecule has 1 saturated heterocycles. The Labute approximate surface area is 121 Å². The van der Waals surface area contributed by atoms with Crippen molar-refractivity contribution < 1.29 is 19.4 Å². The molecule has 1 aromatic rings. The number of esters is 1. The molecule has 0 saturated carbocycles. The highest BCUT2D eigenvalue weighted by molar-refractivity contribution is 8.00. The third kappa shape index (κ3) is 3.32. The van der Waals surface area contributed by atoms with Crippen LogP contribution in [0.4, 0.5) is 0 Å². The van der Waals surface area contributed by atoms with Gasteiger partial charge in [0.15, 0.2) is 0 Å². The summed E-state index contributed by atoms with van der Waals surface area (Å²) in [6.45, 7) is 2.07. The minimum absolute atomic E-state index is 0.280. The lowest BCUT2D eigenvalue weighted by Gasteiger charge is -2.22. The lowest BCUT2D eigenvalue weighted by atomic mass is 9.98. The first-order valence-electron chi connectivity index (χ1n) is 6.45. The number of hydrogen-bond donors (Lipinski definition) is 2. The number of benzene rings is 1. The summed E-state index contributed by atoms with van der Waals surface area (Å²) in [6.07, 6.45) is 0. The van der Waals surface area contributed by atoms with Crippen molar-refractivity contribution in [3.05, 3.63) is 35.9 Å². The van der Waals surface area contributed by atoms with Crippen LogP contribution in [0.2, 0.25) is 0 Å². The molecule has 0 aliphatic carbocycles. The number of nitrogens with one attached hydrogen (secondary N) is 1. The van der Waals surface area contributed by atoms with Gasteiger partial charge in [0.05, 0.1) is 12.0 Å². The van der Waals surface area contributed by atoms with Crippen molar-refractivity contribution in [1.29, 1.82) is 0 Å². The predicted octanol–water partition coefficient (Wildman–Crippen LogP) is 1.45. The lowest BCUT2D eigenvalue weighted by molar-refractivity contribution is -0.145. The van der Waals surface area contributed by atoms with Gasteiger partial charge in [-0.2, -0.15) is 0 Å². The van der Waals surface area contributed by atoms with E-state index in [4.69, 9.17) is 9.84 Å². The number of carboxylic acids is 1. The summed E-state index contributed by atoms with van der Waals surface area (Å²) >= 11 is 1.44. The number of rotatable bonds is 5. The van der Waals surface area contributed by atoms with E-state index in [1.54, 1.807) is 6.92 Å². The van der Waals surface area contributed by atoms with E-state index in [9.17, 15) is 9.59 Å². The van der Waals surface area contributed by atoms with Crippen LogP contribution in [0.25, 0.3) is 0 Å². The van der Waals surface area contributed by atoms with Gasteiger partial charge in [0.25, 0.3) is 0 Å². The van der Waals surface area contributed by atoms with Gasteiger partial charge in [-0.1, -0.05) is 30.3 Å². The van der Waals surface area contributed by atoms with Crippen LogP contribution in [0.15, 0.2) is 30.3 Å². The Balaban J connectivity index is 2.20. The molecule has 1 aromatic carbocycles. The molecule has 0 aromatic heterocycles. The normalized spacial score (nSPS) is 23.2. The van der Waals surface area contributed by atoms with Gasteiger partial charge in [0.2, 0.25) is 0 Å². The predicted molar refractivity (Wildman–Crippen MR) is 76.6 cm³/mol. The summed E-state index contributed by atoms with van der Waals surface area (Å²) in [4.78, 5) is 23.2. The molecule has 0 unspecified atom stereocenters. The van der Waals surface area contributed by atoms with E-state index >= 15 is 0 Å². The number of aliphatic carboxylic acids is 1. The van der Waals surface area contributed by atoms with E-state index in [0.717, 1.165) is 5.56 Å². The summed E-state index contributed by atoms with van der Waals surface area (Å²) in [7, 11) is 0. The zero-order valence-corrected chi connectivity index (χ0v) is 11.9. The second kappa shape index (κ2) is 6.76. The maximum Gasteiger partial charge on any atom is 0.321 e. The molecule has 0 amide bonds. The minimum atomic E-state index is -0.893. The van der Waals surface area contributed by atoms with Crippen LogP contribution >= 0.6 is 11.8 Å². The van der Waals surface area contributed by atoms with Gasteiger partial charge in [0, 0.05) is 5.75 Å². The number of ether oxygens (including phenoxy) is 1. The fourth-order valence-electron chi connectivity index (χ4n) is 2.16. The van der Waals surface area contributed by atoms with Gasteiger partial charge < -0.3 is 9.84 Å². The van der Waals surface area contributed by atoms with Crippen LogP contribution in [-0.4, -0.2) is 40.8 Å². The summed E-state index contributed by atoms with van der Waals surface area (Å²) < 4.78 is 5.13. The fourth-order valence-corrected chi connectivity index (χ4v) is 3.52. The number of carbonyl (C=O) groups is 2. The van der Waals surface area contributed by atoms with E-state index in [0.29, 0.717) is 12.4 Å². The van der Waals surface area contributed by atoms with Crippen molar-refractivity contribution in [2.24, 2.45) is 0 Å². The molecule has 1 aliphatic heterocycles. The van der Waals surface area contributed by atoms with Gasteiger partial charge in [-0.25, -0.2) is 0 Å². The summed E-state index contributed by atoms with van der Waals surface area (Å²) in [6, 6.07) is 8.69. The molecule has 2 rings (SSSR count). The first kappa shape index (κ1) is 14.9. The third-order valence-electron chi connectivity index (χ3n) is 3.11. The standard InChI is InChI=1S/C14H17NO4S/c1-2-19-14(18)11(9-6-4-3-5-7-9)12-15-10(8-20-12)13(16)17/h3-7,10-12,15H,2,8H2,1H3,(H,16,17)/t10-,11-,12+/m1/s1. The van der Waals surface area contributed by atoms with E-state index in [1.165, 1.54) is 11.8 Å². The highest BCUT2D eigenvalue weighted by Gasteiger charge is 2.39. The number of carbonyl (C=O) groups excluding carboxylic acids is 1. The van der Waals surface area contributed by atoms with Crippen molar-refractivity contribution in [2.45, 2.75) is 24.3 Å². The van der Waals surface area contributed by atoms with Crippen LogP contribution in [0.5, 0.6) is 0 Å². The number of thioether (sulfide) groups is 1. The molecule has 0 radical (unpaired) electrons. The second-order valence-electron chi connectivity index (χ2n) is 4.45. The minimum Gasteiger partial charge on any atom is -0.480 e. The molecule has 5 nitrogen and oxygen atoms in total. The number of hydrogen-bond acceptors (Lipinski definition) is 5. The molecule has 108 valence electrons. The van der Waals surface area contributed by atoms with Gasteiger partial charge in [0.1, 0.15) is 12.0 Å².